The summed E-state index contributed by atoms with van der Waals surface area (Å²) in [5, 5.41) is 0.208. The second-order valence-electron chi connectivity index (χ2n) is 13.2. The zero-order chi connectivity index (χ0) is 26.3. The van der Waals surface area contributed by atoms with Crippen LogP contribution in [0.5, 0.6) is 0 Å². The smallest absolute Gasteiger partial charge is 0.231 e. The molecule has 0 saturated carbocycles. The van der Waals surface area contributed by atoms with Crippen LogP contribution in [0.1, 0.15) is 63.1 Å². The summed E-state index contributed by atoms with van der Waals surface area (Å²) >= 11 is 0. The Morgan fingerprint density at radius 2 is 1.65 bits per heavy atom. The Bertz CT molecular complexity index is 1110. The summed E-state index contributed by atoms with van der Waals surface area (Å²) in [5.74, 6) is 0.346. The molecule has 0 aromatic heterocycles. The second kappa shape index (κ2) is 10.3. The molecule has 1 aliphatic carbocycles. The molecule has 1 atom stereocenters. The number of carbonyl (C=O) groups excluding carboxylic acids is 1. The van der Waals surface area contributed by atoms with E-state index in [0.29, 0.717) is 11.3 Å². The van der Waals surface area contributed by atoms with Crippen molar-refractivity contribution in [3.05, 3.63) is 65.2 Å². The zero-order valence-corrected chi connectivity index (χ0v) is 24.7. The standard InChI is InChI=1S/C32H46N2O2Si/c1-31(2,3)37(4,5)36-22-10-19-34-29-14-9-7-12-26(29)23-27(30(34)35)24-33-20-17-32(18-21-33)16-15-25-11-6-8-13-28(25)32/h6-9,11-14,27H,10,15-24H2,1-5H3. The van der Waals surface area contributed by atoms with Crippen molar-refractivity contribution in [2.24, 2.45) is 5.92 Å². The minimum atomic E-state index is -1.77. The van der Waals surface area contributed by atoms with Crippen LogP contribution in [-0.2, 0) is 27.5 Å². The van der Waals surface area contributed by atoms with Crippen molar-refractivity contribution in [2.45, 2.75) is 82.8 Å². The summed E-state index contributed by atoms with van der Waals surface area (Å²) in [6.07, 6.45) is 6.69. The average Bonchev–Trinajstić information content (AvgIpc) is 3.22. The molecule has 0 radical (unpaired) electrons. The van der Waals surface area contributed by atoms with E-state index in [-0.39, 0.29) is 11.0 Å². The van der Waals surface area contributed by atoms with Crippen LogP contribution in [-0.4, -0.2) is 51.9 Å². The first-order valence-electron chi connectivity index (χ1n) is 14.4. The summed E-state index contributed by atoms with van der Waals surface area (Å²) < 4.78 is 6.42. The summed E-state index contributed by atoms with van der Waals surface area (Å²) in [5.41, 5.74) is 5.95. The molecule has 2 aromatic carbocycles. The van der Waals surface area contributed by atoms with E-state index in [1.165, 1.54) is 31.2 Å². The maximum atomic E-state index is 13.8. The highest BCUT2D eigenvalue weighted by Crippen LogP contribution is 2.46. The summed E-state index contributed by atoms with van der Waals surface area (Å²) in [6.45, 7) is 16.0. The summed E-state index contributed by atoms with van der Waals surface area (Å²) in [6, 6.07) is 17.6. The third-order valence-electron chi connectivity index (χ3n) is 9.91. The molecule has 0 N–H and O–H groups in total. The van der Waals surface area contributed by atoms with Gasteiger partial charge in [0.05, 0.1) is 5.92 Å². The number of anilines is 1. The molecule has 2 heterocycles. The Morgan fingerprint density at radius 3 is 2.38 bits per heavy atom. The van der Waals surface area contributed by atoms with E-state index in [2.05, 4.69) is 92.2 Å². The Hall–Kier alpha value is -1.95. The molecule has 1 unspecified atom stereocenters. The zero-order valence-electron chi connectivity index (χ0n) is 23.7. The van der Waals surface area contributed by atoms with Gasteiger partial charge >= 0.3 is 0 Å². The number of aryl methyl sites for hydroxylation is 1. The summed E-state index contributed by atoms with van der Waals surface area (Å²) in [4.78, 5) is 18.4. The van der Waals surface area contributed by atoms with Crippen molar-refractivity contribution in [3.8, 4) is 0 Å². The van der Waals surface area contributed by atoms with E-state index in [4.69, 9.17) is 4.43 Å². The largest absolute Gasteiger partial charge is 0.417 e. The van der Waals surface area contributed by atoms with Crippen LogP contribution in [0.4, 0.5) is 5.69 Å². The molecule has 1 saturated heterocycles. The minimum absolute atomic E-state index is 0.0427. The maximum Gasteiger partial charge on any atom is 0.231 e. The van der Waals surface area contributed by atoms with Crippen LogP contribution < -0.4 is 4.90 Å². The van der Waals surface area contributed by atoms with Gasteiger partial charge < -0.3 is 14.2 Å². The Labute approximate surface area is 225 Å². The molecular weight excluding hydrogens is 472 g/mol. The van der Waals surface area contributed by atoms with E-state index < -0.39 is 8.32 Å². The van der Waals surface area contributed by atoms with E-state index in [0.717, 1.165) is 51.3 Å². The highest BCUT2D eigenvalue weighted by molar-refractivity contribution is 6.74. The van der Waals surface area contributed by atoms with Crippen molar-refractivity contribution in [1.29, 1.82) is 0 Å². The first-order valence-corrected chi connectivity index (χ1v) is 17.3. The van der Waals surface area contributed by atoms with Crippen molar-refractivity contribution in [2.75, 3.05) is 37.7 Å². The van der Waals surface area contributed by atoms with Crippen molar-refractivity contribution < 1.29 is 9.22 Å². The van der Waals surface area contributed by atoms with E-state index in [9.17, 15) is 4.79 Å². The molecular formula is C32H46N2O2Si. The van der Waals surface area contributed by atoms with Gasteiger partial charge in [0.2, 0.25) is 5.91 Å². The van der Waals surface area contributed by atoms with Crippen molar-refractivity contribution in [1.82, 2.24) is 4.90 Å². The van der Waals surface area contributed by atoms with Gasteiger partial charge in [0, 0.05) is 25.4 Å². The third kappa shape index (κ3) is 5.32. The van der Waals surface area contributed by atoms with Crippen molar-refractivity contribution >= 4 is 19.9 Å². The molecule has 1 spiro atoms. The maximum absolute atomic E-state index is 13.8. The summed E-state index contributed by atoms with van der Waals surface area (Å²) in [7, 11) is -1.77. The van der Waals surface area contributed by atoms with Crippen LogP contribution in [0.3, 0.4) is 0 Å². The lowest BCUT2D eigenvalue weighted by Crippen LogP contribution is -2.49. The normalized spacial score (nSPS) is 21.8. The first-order chi connectivity index (χ1) is 17.6. The predicted octanol–water partition coefficient (Wildman–Crippen LogP) is 6.58. The fourth-order valence-electron chi connectivity index (χ4n) is 6.54. The molecule has 1 fully saturated rings. The Morgan fingerprint density at radius 1 is 0.973 bits per heavy atom. The molecule has 5 heteroatoms. The van der Waals surface area contributed by atoms with Crippen LogP contribution in [0.15, 0.2) is 48.5 Å². The number of likely N-dealkylation sites (tertiary alicyclic amines) is 1. The molecule has 2 aromatic rings. The fraction of sp³-hybridized carbons (Fsp3) is 0.594. The number of nitrogens with zero attached hydrogens (tertiary/aromatic N) is 2. The molecule has 3 aliphatic rings. The Balaban J connectivity index is 1.21. The first kappa shape index (κ1) is 26.6. The van der Waals surface area contributed by atoms with Gasteiger partial charge in [0.1, 0.15) is 0 Å². The number of amides is 1. The van der Waals surface area contributed by atoms with Gasteiger partial charge in [-0.25, -0.2) is 0 Å². The minimum Gasteiger partial charge on any atom is -0.417 e. The van der Waals surface area contributed by atoms with Gasteiger partial charge in [-0.2, -0.15) is 0 Å². The SMILES string of the molecule is CC(C)(C)[Si](C)(C)OCCCN1C(=O)C(CN2CCC3(CCc4ccccc43)CC2)Cc2ccccc21. The third-order valence-corrected chi connectivity index (χ3v) is 14.5. The molecule has 0 bridgehead atoms. The van der Waals surface area contributed by atoms with E-state index >= 15 is 0 Å². The molecule has 37 heavy (non-hydrogen) atoms. The number of benzene rings is 2. The van der Waals surface area contributed by atoms with E-state index in [1.54, 1.807) is 11.1 Å². The lowest BCUT2D eigenvalue weighted by Gasteiger charge is -2.42. The number of hydrogen-bond donors (Lipinski definition) is 0. The lowest BCUT2D eigenvalue weighted by molar-refractivity contribution is -0.123. The lowest BCUT2D eigenvalue weighted by atomic mass is 9.73. The predicted molar refractivity (Wildman–Crippen MR) is 156 cm³/mol. The van der Waals surface area contributed by atoms with Gasteiger partial charge in [-0.15, -0.1) is 0 Å². The van der Waals surface area contributed by atoms with Gasteiger partial charge in [-0.1, -0.05) is 63.2 Å². The van der Waals surface area contributed by atoms with Crippen LogP contribution in [0.2, 0.25) is 18.1 Å². The van der Waals surface area contributed by atoms with Gasteiger partial charge in [-0.3, -0.25) is 4.79 Å². The number of rotatable bonds is 7. The number of fused-ring (bicyclic) bond motifs is 3. The number of piperidine rings is 1. The van der Waals surface area contributed by atoms with Crippen molar-refractivity contribution in [3.63, 3.8) is 0 Å². The van der Waals surface area contributed by atoms with Crippen LogP contribution in [0, 0.1) is 5.92 Å². The highest BCUT2D eigenvalue weighted by Gasteiger charge is 2.42. The fourth-order valence-corrected chi connectivity index (χ4v) is 7.63. The number of hydrogen-bond acceptors (Lipinski definition) is 3. The van der Waals surface area contributed by atoms with Crippen LogP contribution in [0.25, 0.3) is 0 Å². The van der Waals surface area contributed by atoms with Gasteiger partial charge in [0.15, 0.2) is 8.32 Å². The monoisotopic (exact) mass is 518 g/mol. The molecule has 200 valence electrons. The van der Waals surface area contributed by atoms with Gasteiger partial charge in [-0.05, 0) is 97.9 Å². The number of carbonyl (C=O) groups is 1. The average molecular weight is 519 g/mol. The molecule has 2 aliphatic heterocycles. The molecule has 4 nitrogen and oxygen atoms in total. The number of para-hydroxylation sites is 1. The molecule has 1 amide bonds. The topological polar surface area (TPSA) is 32.8 Å². The Kier molecular flexibility index (Phi) is 7.43. The molecule has 5 rings (SSSR count). The highest BCUT2D eigenvalue weighted by atomic mass is 28.4. The van der Waals surface area contributed by atoms with E-state index in [1.807, 2.05) is 0 Å². The quantitative estimate of drug-likeness (QED) is 0.306. The van der Waals surface area contributed by atoms with Crippen LogP contribution >= 0.6 is 0 Å². The second-order valence-corrected chi connectivity index (χ2v) is 18.0. The van der Waals surface area contributed by atoms with Gasteiger partial charge in [0.25, 0.3) is 0 Å².